The van der Waals surface area contributed by atoms with Gasteiger partial charge in [0.15, 0.2) is 0 Å². The molecule has 4 nitrogen and oxygen atoms in total. The first-order valence-electron chi connectivity index (χ1n) is 12.5. The van der Waals surface area contributed by atoms with Gasteiger partial charge in [-0.2, -0.15) is 9.68 Å². The first kappa shape index (κ1) is 30.0. The normalized spacial score (nSPS) is 10.9. The van der Waals surface area contributed by atoms with Crippen LogP contribution >= 0.6 is 0 Å². The van der Waals surface area contributed by atoms with Crippen LogP contribution in [0.2, 0.25) is 0 Å². The molecular formula is C24H56N2O2+2. The summed E-state index contributed by atoms with van der Waals surface area (Å²) in [6, 6.07) is 0. The number of nitrogens with two attached hydrogens (primary N) is 1. The van der Waals surface area contributed by atoms with Gasteiger partial charge in [0.2, 0.25) is 0 Å². The van der Waals surface area contributed by atoms with E-state index in [9.17, 15) is 0 Å². The van der Waals surface area contributed by atoms with Crippen LogP contribution in [0.3, 0.4) is 0 Å². The van der Waals surface area contributed by atoms with E-state index in [1.807, 2.05) is 13.8 Å². The molecule has 0 atom stereocenters. The van der Waals surface area contributed by atoms with Crippen molar-refractivity contribution in [2.24, 2.45) is 0 Å². The number of hydrogen-bond acceptors (Lipinski definition) is 2. The molecule has 0 aromatic rings. The van der Waals surface area contributed by atoms with Crippen LogP contribution in [0.25, 0.3) is 0 Å². The molecular weight excluding hydrogens is 348 g/mol. The Kier molecular flexibility index (Phi) is 31.2. The summed E-state index contributed by atoms with van der Waals surface area (Å²) in [6.45, 7) is 8.83. The number of quaternary nitrogens is 2. The van der Waals surface area contributed by atoms with E-state index >= 15 is 0 Å². The molecule has 0 spiro atoms. The monoisotopic (exact) mass is 404 g/mol. The van der Waals surface area contributed by atoms with Gasteiger partial charge >= 0.3 is 0 Å². The molecule has 0 fully saturated rings. The van der Waals surface area contributed by atoms with Crippen LogP contribution in [0, 0.1) is 0 Å². The number of rotatable bonds is 21. The first-order chi connectivity index (χ1) is 13.7. The molecule has 172 valence electrons. The average Bonchev–Trinajstić information content (AvgIpc) is 2.68. The van der Waals surface area contributed by atoms with Gasteiger partial charge in [0.05, 0.1) is 20.6 Å². The maximum Gasteiger partial charge on any atom is 0.107 e. The van der Waals surface area contributed by atoms with Crippen molar-refractivity contribution in [3.63, 3.8) is 0 Å². The number of hydrogen-bond donors (Lipinski definition) is 2. The Balaban J connectivity index is 0. The minimum Gasteiger partial charge on any atom is -0.340 e. The standard InChI is InChI=1S/C20H43N.C4H12NO2/c1-4-5-6-7-8-9-10-11-12-13-14-15-16-17-18-19-20-21(2)3;1-3-6-5-7-4-2/h4-20H2,1-3H3;3-5H2,1-2H3/q;+1/p+1. The maximum absolute atomic E-state index is 4.73. The van der Waals surface area contributed by atoms with Crippen molar-refractivity contribution in [3.05, 3.63) is 0 Å². The Morgan fingerprint density at radius 1 is 0.500 bits per heavy atom. The second-order valence-corrected chi connectivity index (χ2v) is 8.27. The van der Waals surface area contributed by atoms with Gasteiger partial charge in [-0.1, -0.05) is 102 Å². The van der Waals surface area contributed by atoms with Crippen LogP contribution in [0.1, 0.15) is 124 Å². The van der Waals surface area contributed by atoms with E-state index in [4.69, 9.17) is 9.68 Å². The lowest BCUT2D eigenvalue weighted by molar-refractivity contribution is -1.07. The van der Waals surface area contributed by atoms with Crippen molar-refractivity contribution in [2.75, 3.05) is 33.9 Å². The van der Waals surface area contributed by atoms with E-state index in [0.29, 0.717) is 13.2 Å². The molecule has 0 aliphatic rings. The summed E-state index contributed by atoms with van der Waals surface area (Å²) in [6.07, 6.45) is 23.4. The zero-order valence-corrected chi connectivity index (χ0v) is 20.3. The van der Waals surface area contributed by atoms with Crippen molar-refractivity contribution >= 4 is 0 Å². The SMILES string of the molecule is CCCCCCCCCCCCCCCCCC[NH+](C)C.CCO[NH2+]OCC. The molecule has 0 aliphatic heterocycles. The highest BCUT2D eigenvalue weighted by molar-refractivity contribution is 4.49. The zero-order valence-electron chi connectivity index (χ0n) is 20.3. The number of unbranched alkanes of at least 4 members (excludes halogenated alkanes) is 15. The largest absolute Gasteiger partial charge is 0.340 e. The van der Waals surface area contributed by atoms with E-state index in [0.717, 1.165) is 0 Å². The fourth-order valence-electron chi connectivity index (χ4n) is 3.21. The Bertz CT molecular complexity index is 247. The topological polar surface area (TPSA) is 39.5 Å². The van der Waals surface area contributed by atoms with Crippen LogP contribution < -0.4 is 10.5 Å². The van der Waals surface area contributed by atoms with Crippen molar-refractivity contribution in [3.8, 4) is 0 Å². The van der Waals surface area contributed by atoms with Gasteiger partial charge in [-0.15, -0.1) is 0 Å². The number of nitrogens with one attached hydrogen (secondary N) is 1. The van der Waals surface area contributed by atoms with Crippen molar-refractivity contribution in [2.45, 2.75) is 124 Å². The lowest BCUT2D eigenvalue weighted by atomic mass is 10.0. The fourth-order valence-corrected chi connectivity index (χ4v) is 3.21. The Hall–Kier alpha value is -0.160. The van der Waals surface area contributed by atoms with E-state index in [1.165, 1.54) is 115 Å². The summed E-state index contributed by atoms with van der Waals surface area (Å²) in [5.74, 6) is 0. The van der Waals surface area contributed by atoms with Gasteiger partial charge in [-0.3, -0.25) is 0 Å². The fraction of sp³-hybridized carbons (Fsp3) is 1.00. The summed E-state index contributed by atoms with van der Waals surface area (Å²) >= 11 is 0. The molecule has 28 heavy (non-hydrogen) atoms. The van der Waals surface area contributed by atoms with Crippen LogP contribution in [0.5, 0.6) is 0 Å². The molecule has 4 heteroatoms. The van der Waals surface area contributed by atoms with E-state index in [-0.39, 0.29) is 0 Å². The van der Waals surface area contributed by atoms with Crippen molar-refractivity contribution < 1.29 is 20.2 Å². The molecule has 0 amide bonds. The summed E-state index contributed by atoms with van der Waals surface area (Å²) in [5, 5.41) is 0. The van der Waals surface area contributed by atoms with Gasteiger partial charge in [0.25, 0.3) is 0 Å². The molecule has 0 radical (unpaired) electrons. The van der Waals surface area contributed by atoms with Crippen LogP contribution in [-0.4, -0.2) is 33.9 Å². The van der Waals surface area contributed by atoms with E-state index < -0.39 is 0 Å². The first-order valence-corrected chi connectivity index (χ1v) is 12.5. The van der Waals surface area contributed by atoms with Gasteiger partial charge < -0.3 is 4.90 Å². The molecule has 0 rings (SSSR count). The maximum atomic E-state index is 4.73. The van der Waals surface area contributed by atoms with Crippen molar-refractivity contribution in [1.82, 2.24) is 0 Å². The molecule has 0 aromatic carbocycles. The van der Waals surface area contributed by atoms with Gasteiger partial charge in [-0.25, -0.2) is 0 Å². The van der Waals surface area contributed by atoms with E-state index in [1.54, 1.807) is 4.90 Å². The third-order valence-electron chi connectivity index (χ3n) is 5.00. The minimum absolute atomic E-state index is 0.681. The van der Waals surface area contributed by atoms with Crippen molar-refractivity contribution in [1.29, 1.82) is 0 Å². The summed E-state index contributed by atoms with van der Waals surface area (Å²) < 4.78 is 0. The second kappa shape index (κ2) is 29.0. The van der Waals surface area contributed by atoms with Gasteiger partial charge in [0, 0.05) is 0 Å². The molecule has 0 saturated heterocycles. The van der Waals surface area contributed by atoms with Gasteiger partial charge in [0.1, 0.15) is 13.2 Å². The Labute approximate surface area is 178 Å². The second-order valence-electron chi connectivity index (χ2n) is 8.27. The molecule has 0 unspecified atom stereocenters. The lowest BCUT2D eigenvalue weighted by Gasteiger charge is -2.06. The smallest absolute Gasteiger partial charge is 0.107 e. The summed E-state index contributed by atoms with van der Waals surface area (Å²) in [4.78, 5) is 11.1. The zero-order chi connectivity index (χ0) is 21.1. The molecule has 0 aromatic heterocycles. The van der Waals surface area contributed by atoms with E-state index in [2.05, 4.69) is 21.0 Å². The average molecular weight is 405 g/mol. The van der Waals surface area contributed by atoms with Crippen LogP contribution in [-0.2, 0) is 9.68 Å². The van der Waals surface area contributed by atoms with Crippen LogP contribution in [0.4, 0.5) is 0 Å². The summed E-state index contributed by atoms with van der Waals surface area (Å²) in [5.41, 5.74) is 1.36. The molecule has 0 bridgehead atoms. The Morgan fingerprint density at radius 3 is 1.11 bits per heavy atom. The molecule has 0 heterocycles. The summed E-state index contributed by atoms with van der Waals surface area (Å²) in [7, 11) is 4.51. The third-order valence-corrected chi connectivity index (χ3v) is 5.00. The highest BCUT2D eigenvalue weighted by atomic mass is 16.9. The minimum atomic E-state index is 0.681. The van der Waals surface area contributed by atoms with Gasteiger partial charge in [-0.05, 0) is 26.7 Å². The quantitative estimate of drug-likeness (QED) is 0.212. The Morgan fingerprint density at radius 2 is 0.821 bits per heavy atom. The highest BCUT2D eigenvalue weighted by Gasteiger charge is 1.96. The lowest BCUT2D eigenvalue weighted by Crippen LogP contribution is -3.05. The predicted octanol–water partition coefficient (Wildman–Crippen LogP) is 4.85. The predicted molar refractivity (Wildman–Crippen MR) is 122 cm³/mol. The molecule has 0 saturated carbocycles. The third kappa shape index (κ3) is 33.4. The highest BCUT2D eigenvalue weighted by Crippen LogP contribution is 2.13. The molecule has 3 N–H and O–H groups in total. The van der Waals surface area contributed by atoms with Crippen LogP contribution in [0.15, 0.2) is 0 Å². The molecule has 0 aliphatic carbocycles.